The maximum absolute atomic E-state index is 11.9. The van der Waals surface area contributed by atoms with Gasteiger partial charge >= 0.3 is 6.09 Å². The van der Waals surface area contributed by atoms with E-state index >= 15 is 0 Å². The zero-order valence-corrected chi connectivity index (χ0v) is 12.5. The zero-order valence-electron chi connectivity index (χ0n) is 12.5. The number of hydrogen-bond donors (Lipinski definition) is 0. The van der Waals surface area contributed by atoms with Crippen molar-refractivity contribution in [3.8, 4) is 6.07 Å². The molecular weight excluding hydrogens is 242 g/mol. The van der Waals surface area contributed by atoms with Crippen LogP contribution in [-0.2, 0) is 4.74 Å². The van der Waals surface area contributed by atoms with Crippen LogP contribution >= 0.6 is 0 Å². The summed E-state index contributed by atoms with van der Waals surface area (Å²) in [7, 11) is 0. The van der Waals surface area contributed by atoms with Gasteiger partial charge in [-0.2, -0.15) is 5.26 Å². The molecule has 0 radical (unpaired) electrons. The molecule has 0 bridgehead atoms. The van der Waals surface area contributed by atoms with Crippen LogP contribution in [0.3, 0.4) is 0 Å². The lowest BCUT2D eigenvalue weighted by atomic mass is 10.1. The Labute approximate surface area is 116 Å². The van der Waals surface area contributed by atoms with E-state index in [1.165, 1.54) is 0 Å². The van der Waals surface area contributed by atoms with Crippen molar-refractivity contribution in [1.82, 2.24) is 9.80 Å². The molecule has 0 saturated carbocycles. The summed E-state index contributed by atoms with van der Waals surface area (Å²) in [4.78, 5) is 15.9. The van der Waals surface area contributed by atoms with E-state index in [2.05, 4.69) is 11.0 Å². The molecule has 1 atom stereocenters. The highest BCUT2D eigenvalue weighted by Crippen LogP contribution is 2.12. The molecule has 19 heavy (non-hydrogen) atoms. The molecule has 0 aromatic heterocycles. The summed E-state index contributed by atoms with van der Waals surface area (Å²) in [6.07, 6.45) is 0.667. The summed E-state index contributed by atoms with van der Waals surface area (Å²) in [5.74, 6) is 0.101. The number of piperazine rings is 1. The highest BCUT2D eigenvalue weighted by atomic mass is 16.6. The lowest BCUT2D eigenvalue weighted by molar-refractivity contribution is 0.0143. The first-order valence-electron chi connectivity index (χ1n) is 6.91. The number of carbonyl (C=O) groups excluding carboxylic acids is 1. The molecule has 1 amide bonds. The quantitative estimate of drug-likeness (QED) is 0.785. The Morgan fingerprint density at radius 1 is 1.32 bits per heavy atom. The molecule has 0 spiro atoms. The van der Waals surface area contributed by atoms with E-state index < -0.39 is 5.60 Å². The average molecular weight is 267 g/mol. The first-order valence-corrected chi connectivity index (χ1v) is 6.91. The first-order chi connectivity index (χ1) is 8.81. The summed E-state index contributed by atoms with van der Waals surface area (Å²) in [6, 6.07) is 2.25. The smallest absolute Gasteiger partial charge is 0.410 e. The molecule has 1 unspecified atom stereocenters. The zero-order chi connectivity index (χ0) is 14.5. The minimum atomic E-state index is -0.434. The van der Waals surface area contributed by atoms with E-state index in [1.54, 1.807) is 4.90 Å². The number of hydrogen-bond acceptors (Lipinski definition) is 4. The van der Waals surface area contributed by atoms with Gasteiger partial charge in [0, 0.05) is 32.1 Å². The second-order valence-corrected chi connectivity index (χ2v) is 6.13. The SMILES string of the molecule is CC(C#N)CCN1CCN(C(=O)OC(C)(C)C)CC1. The van der Waals surface area contributed by atoms with Crippen LogP contribution in [-0.4, -0.2) is 54.2 Å². The molecule has 5 nitrogen and oxygen atoms in total. The number of nitriles is 1. The topological polar surface area (TPSA) is 56.6 Å². The maximum atomic E-state index is 11.9. The Morgan fingerprint density at radius 2 is 1.89 bits per heavy atom. The van der Waals surface area contributed by atoms with E-state index in [4.69, 9.17) is 10.00 Å². The van der Waals surface area contributed by atoms with Gasteiger partial charge in [0.1, 0.15) is 5.60 Å². The van der Waals surface area contributed by atoms with Crippen molar-refractivity contribution in [3.05, 3.63) is 0 Å². The fourth-order valence-electron chi connectivity index (χ4n) is 1.92. The standard InChI is InChI=1S/C14H25N3O2/c1-12(11-15)5-6-16-7-9-17(10-8-16)13(18)19-14(2,3)4/h12H,5-10H2,1-4H3. The molecule has 1 aliphatic rings. The lowest BCUT2D eigenvalue weighted by Gasteiger charge is -2.35. The van der Waals surface area contributed by atoms with Crippen molar-refractivity contribution in [2.45, 2.75) is 39.7 Å². The van der Waals surface area contributed by atoms with E-state index in [-0.39, 0.29) is 12.0 Å². The molecule has 1 saturated heterocycles. The van der Waals surface area contributed by atoms with Gasteiger partial charge in [0.15, 0.2) is 0 Å². The lowest BCUT2D eigenvalue weighted by Crippen LogP contribution is -2.50. The normalized spacial score (nSPS) is 18.8. The van der Waals surface area contributed by atoms with Gasteiger partial charge in [-0.1, -0.05) is 0 Å². The summed E-state index contributed by atoms with van der Waals surface area (Å²) >= 11 is 0. The number of amides is 1. The number of ether oxygens (including phenoxy) is 1. The van der Waals surface area contributed by atoms with Crippen LogP contribution in [0.1, 0.15) is 34.1 Å². The van der Waals surface area contributed by atoms with Gasteiger partial charge in [-0.05, 0) is 40.7 Å². The van der Waals surface area contributed by atoms with Crippen molar-refractivity contribution in [3.63, 3.8) is 0 Å². The van der Waals surface area contributed by atoms with Gasteiger partial charge in [0.25, 0.3) is 0 Å². The molecule has 0 aromatic carbocycles. The van der Waals surface area contributed by atoms with Crippen molar-refractivity contribution in [2.24, 2.45) is 5.92 Å². The van der Waals surface area contributed by atoms with Crippen molar-refractivity contribution in [1.29, 1.82) is 5.26 Å². The van der Waals surface area contributed by atoms with E-state index in [0.717, 1.165) is 26.1 Å². The summed E-state index contributed by atoms with van der Waals surface area (Å²) in [5, 5.41) is 8.75. The van der Waals surface area contributed by atoms with Gasteiger partial charge in [-0.3, -0.25) is 4.90 Å². The number of carbonyl (C=O) groups is 1. The van der Waals surface area contributed by atoms with E-state index in [1.807, 2.05) is 27.7 Å². The van der Waals surface area contributed by atoms with Crippen LogP contribution in [0.2, 0.25) is 0 Å². The van der Waals surface area contributed by atoms with Crippen LogP contribution in [0.4, 0.5) is 4.79 Å². The molecule has 5 heteroatoms. The highest BCUT2D eigenvalue weighted by molar-refractivity contribution is 5.68. The predicted molar refractivity (Wildman–Crippen MR) is 73.6 cm³/mol. The van der Waals surface area contributed by atoms with Crippen LogP contribution in [0.5, 0.6) is 0 Å². The Kier molecular flexibility index (Phi) is 5.61. The van der Waals surface area contributed by atoms with Crippen LogP contribution in [0.15, 0.2) is 0 Å². The molecule has 1 heterocycles. The number of nitrogens with zero attached hydrogens (tertiary/aromatic N) is 3. The third-order valence-electron chi connectivity index (χ3n) is 3.12. The molecule has 0 aromatic rings. The third-order valence-corrected chi connectivity index (χ3v) is 3.12. The summed E-state index contributed by atoms with van der Waals surface area (Å²) in [6.45, 7) is 11.6. The first kappa shape index (κ1) is 15.8. The maximum Gasteiger partial charge on any atom is 0.410 e. The van der Waals surface area contributed by atoms with Crippen LogP contribution in [0, 0.1) is 17.2 Å². The Hall–Kier alpha value is -1.28. The monoisotopic (exact) mass is 267 g/mol. The molecule has 1 rings (SSSR count). The molecule has 1 fully saturated rings. The van der Waals surface area contributed by atoms with Gasteiger partial charge in [0.05, 0.1) is 6.07 Å². The van der Waals surface area contributed by atoms with Crippen molar-refractivity contribution < 1.29 is 9.53 Å². The summed E-state index contributed by atoms with van der Waals surface area (Å²) in [5.41, 5.74) is -0.434. The fraction of sp³-hybridized carbons (Fsp3) is 0.857. The van der Waals surface area contributed by atoms with Gasteiger partial charge in [0.2, 0.25) is 0 Å². The fourth-order valence-corrected chi connectivity index (χ4v) is 1.92. The van der Waals surface area contributed by atoms with E-state index in [0.29, 0.717) is 13.1 Å². The minimum absolute atomic E-state index is 0.101. The second-order valence-electron chi connectivity index (χ2n) is 6.13. The molecular formula is C14H25N3O2. The van der Waals surface area contributed by atoms with Crippen molar-refractivity contribution >= 4 is 6.09 Å². The third kappa shape index (κ3) is 5.93. The minimum Gasteiger partial charge on any atom is -0.444 e. The molecule has 108 valence electrons. The highest BCUT2D eigenvalue weighted by Gasteiger charge is 2.25. The largest absolute Gasteiger partial charge is 0.444 e. The molecule has 0 aliphatic carbocycles. The Bertz CT molecular complexity index is 336. The van der Waals surface area contributed by atoms with E-state index in [9.17, 15) is 4.79 Å². The number of rotatable bonds is 3. The van der Waals surface area contributed by atoms with Gasteiger partial charge in [-0.25, -0.2) is 4.79 Å². The predicted octanol–water partition coefficient (Wildman–Crippen LogP) is 2.09. The van der Waals surface area contributed by atoms with Crippen LogP contribution in [0.25, 0.3) is 0 Å². The molecule has 1 aliphatic heterocycles. The van der Waals surface area contributed by atoms with Gasteiger partial charge < -0.3 is 9.64 Å². The van der Waals surface area contributed by atoms with Crippen LogP contribution < -0.4 is 0 Å². The second kappa shape index (κ2) is 6.76. The molecule has 0 N–H and O–H groups in total. The Balaban J connectivity index is 2.29. The summed E-state index contributed by atoms with van der Waals surface area (Å²) < 4.78 is 5.35. The average Bonchev–Trinajstić information content (AvgIpc) is 2.34. The van der Waals surface area contributed by atoms with Crippen molar-refractivity contribution in [2.75, 3.05) is 32.7 Å². The Morgan fingerprint density at radius 3 is 2.37 bits per heavy atom. The van der Waals surface area contributed by atoms with Gasteiger partial charge in [-0.15, -0.1) is 0 Å².